The second-order valence-corrected chi connectivity index (χ2v) is 5.46. The molecule has 3 rings (SSSR count). The van der Waals surface area contributed by atoms with E-state index in [-0.39, 0.29) is 5.54 Å². The number of imidazole rings is 1. The summed E-state index contributed by atoms with van der Waals surface area (Å²) in [6.07, 6.45) is 7.60. The van der Waals surface area contributed by atoms with Gasteiger partial charge in [0.05, 0.1) is 0 Å². The molecule has 0 amide bonds. The van der Waals surface area contributed by atoms with Gasteiger partial charge in [0.15, 0.2) is 5.65 Å². The fraction of sp³-hybridized carbons (Fsp3) is 0.571. The Balaban J connectivity index is 2.20. The number of alkyl halides is 1. The van der Waals surface area contributed by atoms with Gasteiger partial charge in [-0.25, -0.2) is 9.97 Å². The van der Waals surface area contributed by atoms with Gasteiger partial charge in [-0.15, -0.1) is 11.6 Å². The van der Waals surface area contributed by atoms with Gasteiger partial charge in [-0.3, -0.25) is 0 Å². The molecule has 0 aliphatic heterocycles. The Bertz CT molecular complexity index is 552. The van der Waals surface area contributed by atoms with Crippen LogP contribution < -0.4 is 0 Å². The van der Waals surface area contributed by atoms with E-state index in [9.17, 15) is 0 Å². The van der Waals surface area contributed by atoms with Crippen molar-refractivity contribution in [1.82, 2.24) is 14.5 Å². The molecule has 3 nitrogen and oxygen atoms in total. The summed E-state index contributed by atoms with van der Waals surface area (Å²) in [5.74, 6) is 1.71. The lowest BCUT2D eigenvalue weighted by Gasteiger charge is -2.43. The van der Waals surface area contributed by atoms with E-state index >= 15 is 0 Å². The highest BCUT2D eigenvalue weighted by molar-refractivity contribution is 6.17. The monoisotopic (exact) mass is 263 g/mol. The van der Waals surface area contributed by atoms with E-state index < -0.39 is 0 Å². The van der Waals surface area contributed by atoms with Gasteiger partial charge in [0.1, 0.15) is 11.3 Å². The van der Waals surface area contributed by atoms with Crippen molar-refractivity contribution in [1.29, 1.82) is 0 Å². The van der Waals surface area contributed by atoms with Crippen molar-refractivity contribution in [2.75, 3.05) is 5.88 Å². The van der Waals surface area contributed by atoms with Crippen LogP contribution in [-0.2, 0) is 12.0 Å². The quantitative estimate of drug-likeness (QED) is 0.791. The molecule has 2 aromatic rings. The zero-order chi connectivity index (χ0) is 12.6. The van der Waals surface area contributed by atoms with E-state index in [1.54, 1.807) is 0 Å². The van der Waals surface area contributed by atoms with Gasteiger partial charge in [0, 0.05) is 24.0 Å². The van der Waals surface area contributed by atoms with Gasteiger partial charge in [-0.2, -0.15) is 0 Å². The Morgan fingerprint density at radius 1 is 1.44 bits per heavy atom. The molecule has 4 heteroatoms. The number of hydrogen-bond donors (Lipinski definition) is 0. The summed E-state index contributed by atoms with van der Waals surface area (Å²) < 4.78 is 2.37. The number of nitrogens with zero attached hydrogens (tertiary/aromatic N) is 3. The van der Waals surface area contributed by atoms with Crippen LogP contribution in [0.15, 0.2) is 18.3 Å². The predicted molar refractivity (Wildman–Crippen MR) is 74.1 cm³/mol. The second kappa shape index (κ2) is 4.54. The first-order chi connectivity index (χ1) is 8.80. The van der Waals surface area contributed by atoms with E-state index in [2.05, 4.69) is 16.5 Å². The van der Waals surface area contributed by atoms with Gasteiger partial charge < -0.3 is 4.57 Å². The third kappa shape index (κ3) is 1.64. The molecule has 1 aliphatic carbocycles. The average Bonchev–Trinajstić information content (AvgIpc) is 2.69. The van der Waals surface area contributed by atoms with Gasteiger partial charge in [-0.05, 0) is 37.8 Å². The van der Waals surface area contributed by atoms with Crippen molar-refractivity contribution in [2.24, 2.45) is 0 Å². The molecule has 1 aliphatic rings. The standard InChI is InChI=1S/C14H18ClN3/c1-2-14(7-4-8-14)18-12(6-9-15)17-11-5-3-10-16-13(11)18/h3,5,10H,2,4,6-9H2,1H3. The molecule has 0 radical (unpaired) electrons. The molecule has 0 unspecified atom stereocenters. The molecule has 1 fully saturated rings. The first-order valence-corrected chi connectivity index (χ1v) is 7.23. The molecule has 0 saturated heterocycles. The molecule has 2 heterocycles. The normalized spacial score (nSPS) is 17.9. The van der Waals surface area contributed by atoms with Gasteiger partial charge in [-0.1, -0.05) is 6.92 Å². The lowest BCUT2D eigenvalue weighted by atomic mass is 9.74. The molecule has 96 valence electrons. The van der Waals surface area contributed by atoms with Crippen molar-refractivity contribution in [3.8, 4) is 0 Å². The van der Waals surface area contributed by atoms with E-state index in [1.807, 2.05) is 18.3 Å². The number of pyridine rings is 1. The third-order valence-corrected chi connectivity index (χ3v) is 4.41. The summed E-state index contributed by atoms with van der Waals surface area (Å²) in [6, 6.07) is 3.99. The Kier molecular flexibility index (Phi) is 3.02. The minimum absolute atomic E-state index is 0.241. The van der Waals surface area contributed by atoms with Crippen LogP contribution in [0.1, 0.15) is 38.4 Å². The topological polar surface area (TPSA) is 30.7 Å². The Labute approximate surface area is 112 Å². The van der Waals surface area contributed by atoms with Crippen LogP contribution in [-0.4, -0.2) is 20.4 Å². The number of rotatable bonds is 4. The predicted octanol–water partition coefficient (Wildman–Crippen LogP) is 3.50. The molecule has 18 heavy (non-hydrogen) atoms. The van der Waals surface area contributed by atoms with Crippen LogP contribution in [0.4, 0.5) is 0 Å². The van der Waals surface area contributed by atoms with Crippen LogP contribution in [0.3, 0.4) is 0 Å². The van der Waals surface area contributed by atoms with E-state index in [0.717, 1.165) is 29.8 Å². The van der Waals surface area contributed by atoms with Crippen molar-refractivity contribution < 1.29 is 0 Å². The Morgan fingerprint density at radius 3 is 2.89 bits per heavy atom. The first kappa shape index (κ1) is 12.0. The van der Waals surface area contributed by atoms with Crippen LogP contribution >= 0.6 is 11.6 Å². The first-order valence-electron chi connectivity index (χ1n) is 6.69. The van der Waals surface area contributed by atoms with Gasteiger partial charge in [0.25, 0.3) is 0 Å². The van der Waals surface area contributed by atoms with Gasteiger partial charge in [0.2, 0.25) is 0 Å². The SMILES string of the molecule is CCC1(n2c(CCCl)nc3cccnc32)CCC1. The van der Waals surface area contributed by atoms with Crippen LogP contribution in [0.5, 0.6) is 0 Å². The summed E-state index contributed by atoms with van der Waals surface area (Å²) in [5, 5.41) is 0. The van der Waals surface area contributed by atoms with Crippen molar-refractivity contribution in [2.45, 2.75) is 44.6 Å². The molecular formula is C14H18ClN3. The Hall–Kier alpha value is -1.09. The summed E-state index contributed by atoms with van der Waals surface area (Å²) >= 11 is 5.92. The highest BCUT2D eigenvalue weighted by Gasteiger charge is 2.39. The maximum Gasteiger partial charge on any atom is 0.160 e. The summed E-state index contributed by atoms with van der Waals surface area (Å²) in [7, 11) is 0. The zero-order valence-electron chi connectivity index (χ0n) is 10.7. The molecule has 0 aromatic carbocycles. The largest absolute Gasteiger partial charge is 0.306 e. The molecule has 1 saturated carbocycles. The molecule has 0 atom stereocenters. The Morgan fingerprint density at radius 2 is 2.28 bits per heavy atom. The molecule has 0 bridgehead atoms. The molecule has 0 N–H and O–H groups in total. The van der Waals surface area contributed by atoms with Crippen molar-refractivity contribution in [3.63, 3.8) is 0 Å². The fourth-order valence-corrected chi connectivity index (χ4v) is 3.20. The third-order valence-electron chi connectivity index (χ3n) is 4.22. The van der Waals surface area contributed by atoms with Gasteiger partial charge >= 0.3 is 0 Å². The lowest BCUT2D eigenvalue weighted by Crippen LogP contribution is -2.41. The number of aryl methyl sites for hydroxylation is 1. The van der Waals surface area contributed by atoms with Crippen LogP contribution in [0.2, 0.25) is 0 Å². The number of halogens is 1. The highest BCUT2D eigenvalue weighted by Crippen LogP contribution is 2.44. The lowest BCUT2D eigenvalue weighted by molar-refractivity contribution is 0.137. The minimum Gasteiger partial charge on any atom is -0.306 e. The van der Waals surface area contributed by atoms with E-state index in [0.29, 0.717) is 5.88 Å². The minimum atomic E-state index is 0.241. The smallest absolute Gasteiger partial charge is 0.160 e. The van der Waals surface area contributed by atoms with Crippen molar-refractivity contribution in [3.05, 3.63) is 24.2 Å². The van der Waals surface area contributed by atoms with Crippen LogP contribution in [0, 0.1) is 0 Å². The number of fused-ring (bicyclic) bond motifs is 1. The van der Waals surface area contributed by atoms with E-state index in [1.165, 1.54) is 19.3 Å². The highest BCUT2D eigenvalue weighted by atomic mass is 35.5. The maximum atomic E-state index is 5.92. The number of hydrogen-bond acceptors (Lipinski definition) is 2. The summed E-state index contributed by atoms with van der Waals surface area (Å²) in [5.41, 5.74) is 2.27. The molecule has 2 aromatic heterocycles. The van der Waals surface area contributed by atoms with Crippen molar-refractivity contribution >= 4 is 22.8 Å². The molecule has 0 spiro atoms. The van der Waals surface area contributed by atoms with Crippen LogP contribution in [0.25, 0.3) is 11.2 Å². The zero-order valence-corrected chi connectivity index (χ0v) is 11.5. The molecular weight excluding hydrogens is 246 g/mol. The maximum absolute atomic E-state index is 5.92. The summed E-state index contributed by atoms with van der Waals surface area (Å²) in [6.45, 7) is 2.26. The second-order valence-electron chi connectivity index (χ2n) is 5.08. The fourth-order valence-electron chi connectivity index (χ4n) is 3.03. The average molecular weight is 264 g/mol. The number of aromatic nitrogens is 3. The van der Waals surface area contributed by atoms with E-state index in [4.69, 9.17) is 16.6 Å². The summed E-state index contributed by atoms with van der Waals surface area (Å²) in [4.78, 5) is 9.25.